The molecule has 3 heterocycles. The standard InChI is InChI=1S/C64H80N6O10S2/c1-64(2,82-81-31-15-22-61(71)67-48-18-9-7-8-10-19-48)43-68(25-26-77-29-30-78-28-27-74-4)49-33-44(41-79-59-38-53(65-3)51(36-57(59)75-5)62(72)69-24-23-46-16-11-13-20-55(46)69)32-45(34-49)42-80-60-39-54-52(37-58(60)76-6)63(73)70-50(40-66-54)35-47-17-12-14-21-56(47)70/h11-14,16-17,20-21,32-34,36-40,48,50,65H,7-10,15,18-19,22-31,35,41-43H2,1-6H3,(H,67,71)/t50-/m0/s1. The average molecular weight is 1160 g/mol. The maximum atomic E-state index is 14.3. The Morgan fingerprint density at radius 2 is 1.44 bits per heavy atom. The Morgan fingerprint density at radius 1 is 0.768 bits per heavy atom. The SMILES string of the molecule is CNc1cc(OCc2cc(COc3cc4c(cc3OC)C(=O)N3c5ccccc5C[C@H]3C=N4)cc(N(CCOCCOCCOC)CC(C)(C)SSCCCC(=O)NC3CCCCCC3)c2)c(OC)cc1C(=O)N1CCc2ccccc21. The molecule has 16 nitrogen and oxygen atoms in total. The summed E-state index contributed by atoms with van der Waals surface area (Å²) in [5.74, 6) is 2.50. The van der Waals surface area contributed by atoms with E-state index in [2.05, 4.69) is 59.7 Å². The van der Waals surface area contributed by atoms with E-state index in [1.54, 1.807) is 57.4 Å². The number of carbonyl (C=O) groups excluding carboxylic acids is 3. The van der Waals surface area contributed by atoms with E-state index >= 15 is 0 Å². The van der Waals surface area contributed by atoms with E-state index in [0.29, 0.717) is 117 Å². The van der Waals surface area contributed by atoms with Gasteiger partial charge >= 0.3 is 0 Å². The Labute approximate surface area is 491 Å². The molecular weight excluding hydrogens is 1080 g/mol. The van der Waals surface area contributed by atoms with E-state index < -0.39 is 0 Å². The van der Waals surface area contributed by atoms with E-state index in [4.69, 9.17) is 38.2 Å². The first kappa shape index (κ1) is 60.2. The van der Waals surface area contributed by atoms with Crippen molar-refractivity contribution in [3.05, 3.63) is 124 Å². The third-order valence-electron chi connectivity index (χ3n) is 15.3. The largest absolute Gasteiger partial charge is 0.493 e. The second-order valence-corrected chi connectivity index (χ2v) is 24.9. The van der Waals surface area contributed by atoms with E-state index in [0.717, 1.165) is 70.8 Å². The van der Waals surface area contributed by atoms with Gasteiger partial charge in [0.25, 0.3) is 11.8 Å². The first-order valence-electron chi connectivity index (χ1n) is 28.8. The first-order valence-corrected chi connectivity index (χ1v) is 31.1. The van der Waals surface area contributed by atoms with Gasteiger partial charge in [0.2, 0.25) is 5.91 Å². The highest BCUT2D eigenvalue weighted by molar-refractivity contribution is 8.77. The molecule has 18 heteroatoms. The summed E-state index contributed by atoms with van der Waals surface area (Å²) in [6.45, 7) is 8.96. The van der Waals surface area contributed by atoms with Crippen LogP contribution in [0.1, 0.15) is 108 Å². The van der Waals surface area contributed by atoms with Crippen LogP contribution in [0, 0.1) is 0 Å². The van der Waals surface area contributed by atoms with Crippen LogP contribution < -0.4 is 44.3 Å². The van der Waals surface area contributed by atoms with Crippen molar-refractivity contribution in [1.29, 1.82) is 0 Å². The summed E-state index contributed by atoms with van der Waals surface area (Å²) in [5, 5.41) is 6.54. The van der Waals surface area contributed by atoms with E-state index in [-0.39, 0.29) is 41.7 Å². The van der Waals surface area contributed by atoms with Gasteiger partial charge in [0.15, 0.2) is 23.0 Å². The van der Waals surface area contributed by atoms with Gasteiger partial charge in [-0.1, -0.05) is 83.7 Å². The number of benzene rings is 5. The number of anilines is 4. The van der Waals surface area contributed by atoms with Gasteiger partial charge in [-0.15, -0.1) is 0 Å². The molecule has 9 rings (SSSR count). The van der Waals surface area contributed by atoms with Crippen LogP contribution in [0.3, 0.4) is 0 Å². The lowest BCUT2D eigenvalue weighted by molar-refractivity contribution is -0.121. The summed E-state index contributed by atoms with van der Waals surface area (Å²) >= 11 is 0. The molecule has 0 aromatic heterocycles. The molecular formula is C64H80N6O10S2. The van der Waals surface area contributed by atoms with Crippen LogP contribution in [0.5, 0.6) is 23.0 Å². The Kier molecular flexibility index (Phi) is 21.4. The molecule has 4 aliphatic rings. The van der Waals surface area contributed by atoms with Gasteiger partial charge in [0.05, 0.1) is 75.8 Å². The lowest BCUT2D eigenvalue weighted by atomic mass is 10.1. The van der Waals surface area contributed by atoms with Crippen LogP contribution in [0.2, 0.25) is 0 Å². The van der Waals surface area contributed by atoms with Gasteiger partial charge in [0, 0.05) is 98.6 Å². The highest BCUT2D eigenvalue weighted by Crippen LogP contribution is 2.43. The zero-order valence-electron chi connectivity index (χ0n) is 48.4. The molecule has 5 aromatic rings. The van der Waals surface area contributed by atoms with Crippen LogP contribution >= 0.6 is 21.6 Å². The zero-order valence-corrected chi connectivity index (χ0v) is 50.1. The molecule has 0 radical (unpaired) electrons. The number of hydrogen-bond acceptors (Lipinski definition) is 15. The van der Waals surface area contributed by atoms with Crippen molar-refractivity contribution >= 4 is 74.0 Å². The van der Waals surface area contributed by atoms with Crippen molar-refractivity contribution in [2.45, 2.75) is 108 Å². The zero-order chi connectivity index (χ0) is 57.4. The number of amides is 3. The number of aliphatic imine (C=N–C) groups is 1. The van der Waals surface area contributed by atoms with Crippen molar-refractivity contribution in [3.63, 3.8) is 0 Å². The Morgan fingerprint density at radius 3 is 2.16 bits per heavy atom. The van der Waals surface area contributed by atoms with Crippen LogP contribution in [-0.4, -0.2) is 128 Å². The molecule has 0 spiro atoms. The Bertz CT molecular complexity index is 3020. The molecule has 82 heavy (non-hydrogen) atoms. The van der Waals surface area contributed by atoms with E-state index in [9.17, 15) is 14.4 Å². The Hall–Kier alpha value is -6.44. The Balaban J connectivity index is 0.970. The monoisotopic (exact) mass is 1160 g/mol. The lowest BCUT2D eigenvalue weighted by Crippen LogP contribution is -2.38. The van der Waals surface area contributed by atoms with Crippen molar-refractivity contribution in [2.24, 2.45) is 4.99 Å². The number of nitrogens with zero attached hydrogens (tertiary/aromatic N) is 4. The molecule has 0 unspecified atom stereocenters. The van der Waals surface area contributed by atoms with Crippen LogP contribution in [0.25, 0.3) is 0 Å². The summed E-state index contributed by atoms with van der Waals surface area (Å²) in [6.07, 6.45) is 11.7. The second kappa shape index (κ2) is 29.2. The fourth-order valence-corrected chi connectivity index (χ4v) is 13.7. The van der Waals surface area contributed by atoms with Crippen LogP contribution in [0.15, 0.2) is 96.0 Å². The topological polar surface area (TPSA) is 162 Å². The number of hydrogen-bond donors (Lipinski definition) is 2. The van der Waals surface area contributed by atoms with Crippen LogP contribution in [0.4, 0.5) is 28.4 Å². The quantitative estimate of drug-likeness (QED) is 0.0264. The minimum atomic E-state index is -0.239. The minimum absolute atomic E-state index is 0.123. The molecule has 0 saturated heterocycles. The maximum absolute atomic E-state index is 14.3. The highest BCUT2D eigenvalue weighted by Gasteiger charge is 2.37. The van der Waals surface area contributed by atoms with Crippen LogP contribution in [-0.2, 0) is 45.1 Å². The number of methoxy groups -OCH3 is 3. The number of rotatable bonds is 29. The van der Waals surface area contributed by atoms with Gasteiger partial charge in [-0.25, -0.2) is 0 Å². The van der Waals surface area contributed by atoms with Gasteiger partial charge in [-0.3, -0.25) is 24.3 Å². The summed E-state index contributed by atoms with van der Waals surface area (Å²) in [4.78, 5) is 52.3. The molecule has 1 saturated carbocycles. The second-order valence-electron chi connectivity index (χ2n) is 21.8. The predicted octanol–water partition coefficient (Wildman–Crippen LogP) is 11.7. The van der Waals surface area contributed by atoms with Gasteiger partial charge in [-0.05, 0) is 104 Å². The molecule has 1 aliphatic carbocycles. The number of carbonyl (C=O) groups is 3. The molecule has 0 bridgehead atoms. The normalized spacial score (nSPS) is 15.7. The number of ether oxygens (including phenoxy) is 7. The molecule has 3 amide bonds. The molecule has 3 aliphatic heterocycles. The third-order valence-corrected chi connectivity index (χ3v) is 18.6. The third kappa shape index (κ3) is 15.4. The minimum Gasteiger partial charge on any atom is -0.493 e. The fraction of sp³-hybridized carbons (Fsp3) is 0.469. The average Bonchev–Trinajstić information content (AvgIpc) is 4.19. The number of para-hydroxylation sites is 2. The van der Waals surface area contributed by atoms with Crippen molar-refractivity contribution in [2.75, 3.05) is 107 Å². The molecule has 438 valence electrons. The smallest absolute Gasteiger partial charge is 0.261 e. The molecule has 2 N–H and O–H groups in total. The van der Waals surface area contributed by atoms with Gasteiger partial charge in [0.1, 0.15) is 13.2 Å². The summed E-state index contributed by atoms with van der Waals surface area (Å²) in [7, 11) is 10.2. The van der Waals surface area contributed by atoms with E-state index in [1.807, 2.05) is 69.3 Å². The molecule has 1 atom stereocenters. The van der Waals surface area contributed by atoms with Crippen molar-refractivity contribution in [3.8, 4) is 23.0 Å². The summed E-state index contributed by atoms with van der Waals surface area (Å²) < 4.78 is 42.1. The molecule has 5 aromatic carbocycles. The summed E-state index contributed by atoms with van der Waals surface area (Å²) in [5.41, 5.74) is 8.76. The number of fused-ring (bicyclic) bond motifs is 5. The first-order chi connectivity index (χ1) is 39.9. The fourth-order valence-electron chi connectivity index (χ4n) is 11.2. The summed E-state index contributed by atoms with van der Waals surface area (Å²) in [6, 6.07) is 29.5. The predicted molar refractivity (Wildman–Crippen MR) is 330 cm³/mol. The molecule has 1 fully saturated rings. The van der Waals surface area contributed by atoms with Gasteiger partial charge < -0.3 is 53.6 Å². The highest BCUT2D eigenvalue weighted by atomic mass is 33.1. The van der Waals surface area contributed by atoms with E-state index in [1.165, 1.54) is 25.7 Å². The van der Waals surface area contributed by atoms with Crippen molar-refractivity contribution < 1.29 is 47.5 Å². The van der Waals surface area contributed by atoms with Gasteiger partial charge in [-0.2, -0.15) is 0 Å². The lowest BCUT2D eigenvalue weighted by Gasteiger charge is -2.34. The van der Waals surface area contributed by atoms with Crippen molar-refractivity contribution in [1.82, 2.24) is 5.32 Å². The maximum Gasteiger partial charge on any atom is 0.261 e. The number of nitrogens with one attached hydrogen (secondary N) is 2.